The van der Waals surface area contributed by atoms with Crippen LogP contribution in [-0.2, 0) is 19.1 Å². The highest BCUT2D eigenvalue weighted by molar-refractivity contribution is 5.77. The van der Waals surface area contributed by atoms with E-state index in [0.29, 0.717) is 36.0 Å². The standard InChI is InChI=1S/C42H68N2O5/c1-26(2)28-12-18-42(22-33(45)44-27-15-21-43-25-27)20-19-40(8)29(36(28)42)10-11-31-39(7)16-14-32(38(5,6)30(39)13-17-41(31,40)9)49-35(48)24-37(3,4)23-34(46)47/h27-32,36,43H,1,10-25H2,2-9H3,(H,44,45)(H,46,47)/t27-,28+,29-,30+,31-,32+,36-,39+,40-,41-,42-/m1/s1. The molecule has 1 aliphatic heterocycles. The van der Waals surface area contributed by atoms with Crippen LogP contribution in [0.3, 0.4) is 0 Å². The molecule has 0 aromatic rings. The Labute approximate surface area is 296 Å². The smallest absolute Gasteiger partial charge is 0.306 e. The summed E-state index contributed by atoms with van der Waals surface area (Å²) < 4.78 is 6.27. The minimum atomic E-state index is -0.880. The number of esters is 1. The number of amides is 1. The molecular weight excluding hydrogens is 612 g/mol. The van der Waals surface area contributed by atoms with E-state index in [-0.39, 0.29) is 63.9 Å². The van der Waals surface area contributed by atoms with Gasteiger partial charge in [-0.15, -0.1) is 0 Å². The van der Waals surface area contributed by atoms with Gasteiger partial charge in [0.2, 0.25) is 5.91 Å². The number of carbonyl (C=O) groups excluding carboxylic acids is 2. The van der Waals surface area contributed by atoms with Crippen molar-refractivity contribution in [2.75, 3.05) is 13.1 Å². The van der Waals surface area contributed by atoms with Gasteiger partial charge < -0.3 is 20.5 Å². The first-order chi connectivity index (χ1) is 22.8. The molecule has 0 aromatic heterocycles. The van der Waals surface area contributed by atoms with Gasteiger partial charge in [-0.05, 0) is 141 Å². The van der Waals surface area contributed by atoms with Gasteiger partial charge in [0.05, 0.1) is 12.8 Å². The first kappa shape index (κ1) is 36.9. The number of ether oxygens (including phenoxy) is 1. The van der Waals surface area contributed by atoms with Crippen molar-refractivity contribution >= 4 is 17.8 Å². The van der Waals surface area contributed by atoms with Crippen molar-refractivity contribution in [1.82, 2.24) is 10.6 Å². The second kappa shape index (κ2) is 12.7. The molecule has 7 nitrogen and oxygen atoms in total. The van der Waals surface area contributed by atoms with E-state index >= 15 is 0 Å². The predicted molar refractivity (Wildman–Crippen MR) is 194 cm³/mol. The Balaban J connectivity index is 1.22. The first-order valence-corrected chi connectivity index (χ1v) is 19.8. The number of carboxylic acids is 1. The van der Waals surface area contributed by atoms with Gasteiger partial charge in [-0.3, -0.25) is 14.4 Å². The fourth-order valence-electron chi connectivity index (χ4n) is 14.2. The predicted octanol–water partition coefficient (Wildman–Crippen LogP) is 8.32. The third-order valence-electron chi connectivity index (χ3n) is 16.6. The SMILES string of the molecule is C=C(C)[C@@H]1CC[C@]2(CC(=O)N[C@@H]3CCNC3)CC[C@]3(C)[C@H](CC[C@@H]4[C@@]5(C)CC[C@H](OC(=O)CC(C)(C)CC(=O)O)C(C)(C)[C@@H]5CC[C@]43C)[C@@H]12. The van der Waals surface area contributed by atoms with Crippen molar-refractivity contribution in [3.63, 3.8) is 0 Å². The lowest BCUT2D eigenvalue weighted by Crippen LogP contribution is -2.67. The molecule has 0 spiro atoms. The molecule has 5 saturated carbocycles. The van der Waals surface area contributed by atoms with E-state index in [0.717, 1.165) is 51.6 Å². The van der Waals surface area contributed by atoms with E-state index in [1.807, 2.05) is 13.8 Å². The van der Waals surface area contributed by atoms with Crippen LogP contribution < -0.4 is 10.6 Å². The van der Waals surface area contributed by atoms with Gasteiger partial charge in [0.1, 0.15) is 6.10 Å². The Morgan fingerprint density at radius 2 is 1.61 bits per heavy atom. The lowest BCUT2D eigenvalue weighted by atomic mass is 9.32. The Kier molecular flexibility index (Phi) is 9.53. The zero-order valence-corrected chi connectivity index (χ0v) is 32.1. The Morgan fingerprint density at radius 3 is 2.27 bits per heavy atom. The monoisotopic (exact) mass is 681 g/mol. The van der Waals surface area contributed by atoms with Gasteiger partial charge in [0.25, 0.3) is 0 Å². The fourth-order valence-corrected chi connectivity index (χ4v) is 14.2. The van der Waals surface area contributed by atoms with Crippen molar-refractivity contribution < 1.29 is 24.2 Å². The van der Waals surface area contributed by atoms with Gasteiger partial charge in [0.15, 0.2) is 0 Å². The van der Waals surface area contributed by atoms with Crippen LogP contribution in [0.1, 0.15) is 145 Å². The summed E-state index contributed by atoms with van der Waals surface area (Å²) in [5.74, 6) is 1.83. The van der Waals surface area contributed by atoms with Gasteiger partial charge in [-0.25, -0.2) is 0 Å². The van der Waals surface area contributed by atoms with Crippen LogP contribution in [0, 0.1) is 62.1 Å². The summed E-state index contributed by atoms with van der Waals surface area (Å²) in [4.78, 5) is 38.2. The molecule has 3 N–H and O–H groups in total. The van der Waals surface area contributed by atoms with Crippen LogP contribution in [0.15, 0.2) is 12.2 Å². The second-order valence-electron chi connectivity index (χ2n) is 20.2. The molecule has 1 saturated heterocycles. The van der Waals surface area contributed by atoms with Crippen LogP contribution in [0.2, 0.25) is 0 Å². The molecule has 0 radical (unpaired) electrons. The van der Waals surface area contributed by atoms with E-state index < -0.39 is 11.4 Å². The largest absolute Gasteiger partial charge is 0.481 e. The average Bonchev–Trinajstić information content (AvgIpc) is 3.62. The van der Waals surface area contributed by atoms with Crippen molar-refractivity contribution in [2.24, 2.45) is 62.1 Å². The maximum atomic E-state index is 13.7. The molecule has 6 rings (SSSR count). The van der Waals surface area contributed by atoms with E-state index in [1.165, 1.54) is 37.7 Å². The van der Waals surface area contributed by atoms with Crippen molar-refractivity contribution in [2.45, 2.75) is 157 Å². The minimum Gasteiger partial charge on any atom is -0.481 e. The molecule has 1 heterocycles. The molecule has 1 amide bonds. The molecule has 276 valence electrons. The first-order valence-electron chi connectivity index (χ1n) is 19.8. The highest BCUT2D eigenvalue weighted by atomic mass is 16.5. The van der Waals surface area contributed by atoms with E-state index in [2.05, 4.69) is 58.8 Å². The van der Waals surface area contributed by atoms with Gasteiger partial charge in [-0.1, -0.05) is 60.6 Å². The molecule has 6 aliphatic rings. The van der Waals surface area contributed by atoms with Crippen LogP contribution >= 0.6 is 0 Å². The normalized spacial score (nSPS) is 44.1. The van der Waals surface area contributed by atoms with E-state index in [9.17, 15) is 19.5 Å². The Morgan fingerprint density at radius 1 is 0.878 bits per heavy atom. The van der Waals surface area contributed by atoms with Crippen LogP contribution in [0.5, 0.6) is 0 Å². The molecule has 11 atom stereocenters. The van der Waals surface area contributed by atoms with E-state index in [1.54, 1.807) is 0 Å². The minimum absolute atomic E-state index is 0.0443. The molecule has 49 heavy (non-hydrogen) atoms. The number of carbonyl (C=O) groups is 3. The quantitative estimate of drug-likeness (QED) is 0.167. The number of nitrogens with one attached hydrogen (secondary N) is 2. The summed E-state index contributed by atoms with van der Waals surface area (Å²) in [7, 11) is 0. The zero-order chi connectivity index (χ0) is 35.8. The summed E-state index contributed by atoms with van der Waals surface area (Å²) in [5.41, 5.74) is 1.22. The number of aliphatic carboxylic acids is 1. The summed E-state index contributed by atoms with van der Waals surface area (Å²) in [6, 6.07) is 0.270. The van der Waals surface area contributed by atoms with Crippen molar-refractivity contribution in [1.29, 1.82) is 0 Å². The van der Waals surface area contributed by atoms with Crippen molar-refractivity contribution in [3.05, 3.63) is 12.2 Å². The maximum Gasteiger partial charge on any atom is 0.306 e. The Hall–Kier alpha value is -1.89. The number of fused-ring (bicyclic) bond motifs is 7. The molecule has 7 heteroatoms. The highest BCUT2D eigenvalue weighted by Crippen LogP contribution is 2.78. The Bertz CT molecular complexity index is 1330. The maximum absolute atomic E-state index is 13.7. The summed E-state index contributed by atoms with van der Waals surface area (Å²) >= 11 is 0. The topological polar surface area (TPSA) is 105 Å². The summed E-state index contributed by atoms with van der Waals surface area (Å²) in [6.07, 6.45) is 13.1. The molecular formula is C42H68N2O5. The number of allylic oxidation sites excluding steroid dienone is 1. The molecule has 0 unspecified atom stereocenters. The molecule has 0 bridgehead atoms. The number of rotatable bonds is 9. The molecule has 0 aromatic carbocycles. The fraction of sp³-hybridized carbons (Fsp3) is 0.881. The lowest BCUT2D eigenvalue weighted by Gasteiger charge is -2.73. The average molecular weight is 681 g/mol. The lowest BCUT2D eigenvalue weighted by molar-refractivity contribution is -0.250. The number of carboxylic acid groups (broad SMARTS) is 1. The molecule has 5 aliphatic carbocycles. The third kappa shape index (κ3) is 6.12. The highest BCUT2D eigenvalue weighted by Gasteiger charge is 2.71. The van der Waals surface area contributed by atoms with Crippen LogP contribution in [0.25, 0.3) is 0 Å². The third-order valence-corrected chi connectivity index (χ3v) is 16.6. The number of hydrogen-bond acceptors (Lipinski definition) is 5. The van der Waals surface area contributed by atoms with Gasteiger partial charge in [0, 0.05) is 24.4 Å². The molecule has 6 fully saturated rings. The second-order valence-corrected chi connectivity index (χ2v) is 20.2. The zero-order valence-electron chi connectivity index (χ0n) is 32.1. The van der Waals surface area contributed by atoms with Crippen LogP contribution in [0.4, 0.5) is 0 Å². The van der Waals surface area contributed by atoms with E-state index in [4.69, 9.17) is 4.74 Å². The van der Waals surface area contributed by atoms with Gasteiger partial charge >= 0.3 is 11.9 Å². The number of hydrogen-bond donors (Lipinski definition) is 3. The van der Waals surface area contributed by atoms with Gasteiger partial charge in [-0.2, -0.15) is 0 Å². The summed E-state index contributed by atoms with van der Waals surface area (Å²) in [6.45, 7) is 24.9. The van der Waals surface area contributed by atoms with Crippen LogP contribution in [-0.4, -0.2) is 48.2 Å². The summed E-state index contributed by atoms with van der Waals surface area (Å²) in [5, 5.41) is 16.1. The van der Waals surface area contributed by atoms with Crippen molar-refractivity contribution in [3.8, 4) is 0 Å².